The van der Waals surface area contributed by atoms with E-state index in [2.05, 4.69) is 41.5 Å². The molecule has 0 aromatic heterocycles. The van der Waals surface area contributed by atoms with Gasteiger partial charge in [-0.3, -0.25) is 0 Å². The first-order valence-electron chi connectivity index (χ1n) is 31.6. The highest BCUT2D eigenvalue weighted by Crippen LogP contribution is 2.57. The van der Waals surface area contributed by atoms with Gasteiger partial charge in [0.05, 0.1) is 24.4 Å². The third-order valence-corrected chi connectivity index (χ3v) is 18.5. The van der Waals surface area contributed by atoms with E-state index in [1.165, 1.54) is 72.8 Å². The van der Waals surface area contributed by atoms with E-state index in [1.807, 2.05) is 27.7 Å². The predicted molar refractivity (Wildman–Crippen MR) is 349 cm³/mol. The average molecular weight is 1250 g/mol. The van der Waals surface area contributed by atoms with Crippen LogP contribution in [0.4, 0.5) is 0 Å². The topological polar surface area (TPSA) is 280 Å². The van der Waals surface area contributed by atoms with Gasteiger partial charge < -0.3 is 80.2 Å². The highest BCUT2D eigenvalue weighted by Gasteiger charge is 2.41. The number of ether oxygens (including phenoxy) is 4. The molecule has 0 radical (unpaired) electrons. The van der Waals surface area contributed by atoms with Crippen molar-refractivity contribution in [2.45, 2.75) is 156 Å². The molecule has 2 fully saturated rings. The molecule has 484 valence electrons. The molecule has 6 atom stereocenters. The van der Waals surface area contributed by atoms with Crippen molar-refractivity contribution in [3.8, 4) is 92.0 Å². The molecule has 6 unspecified atom stereocenters. The summed E-state index contributed by atoms with van der Waals surface area (Å²) in [5, 5.41) is 143. The summed E-state index contributed by atoms with van der Waals surface area (Å²) in [5.74, 6) is -8.72. The van der Waals surface area contributed by atoms with E-state index in [1.54, 1.807) is 48.5 Å². The molecular weight excluding hydrogens is 1170 g/mol. The molecule has 0 aliphatic heterocycles. The smallest absolute Gasteiger partial charge is 0.157 e. The zero-order chi connectivity index (χ0) is 66.2. The van der Waals surface area contributed by atoms with Gasteiger partial charge in [-0.2, -0.15) is 0 Å². The lowest BCUT2D eigenvalue weighted by Gasteiger charge is -2.39. The second-order valence-corrected chi connectivity index (χ2v) is 28.2. The molecule has 11 rings (SSSR count). The van der Waals surface area contributed by atoms with Crippen molar-refractivity contribution in [1.82, 2.24) is 0 Å². The van der Waals surface area contributed by atoms with Crippen LogP contribution in [0.1, 0.15) is 198 Å². The largest absolute Gasteiger partial charge is 0.507 e. The summed E-state index contributed by atoms with van der Waals surface area (Å²) in [6.45, 7) is 20.3. The Hall–Kier alpha value is -9.44. The Kier molecular flexibility index (Phi) is 17.2. The lowest BCUT2D eigenvalue weighted by Crippen LogP contribution is -2.34. The van der Waals surface area contributed by atoms with E-state index < -0.39 is 94.1 Å². The number of phenols is 12. The van der Waals surface area contributed by atoms with Crippen LogP contribution < -0.4 is 18.9 Å². The van der Waals surface area contributed by atoms with Crippen molar-refractivity contribution in [2.75, 3.05) is 0 Å². The van der Waals surface area contributed by atoms with Crippen LogP contribution in [0, 0.1) is 22.7 Å². The van der Waals surface area contributed by atoms with E-state index in [0.717, 1.165) is 12.8 Å². The molecule has 0 amide bonds. The van der Waals surface area contributed by atoms with Crippen LogP contribution in [-0.2, 0) is 0 Å². The van der Waals surface area contributed by atoms with E-state index in [9.17, 15) is 61.3 Å². The minimum atomic E-state index is -1.27. The van der Waals surface area contributed by atoms with Gasteiger partial charge in [0.25, 0.3) is 0 Å². The van der Waals surface area contributed by atoms with Gasteiger partial charge in [-0.1, -0.05) is 65.8 Å². The average Bonchev–Trinajstić information content (AvgIpc) is 0.756. The van der Waals surface area contributed by atoms with Crippen LogP contribution in [0.3, 0.4) is 0 Å². The summed E-state index contributed by atoms with van der Waals surface area (Å²) in [7, 11) is 0. The molecule has 3 aliphatic carbocycles. The molecule has 12 N–H and O–H groups in total. The molecule has 8 aromatic carbocycles. The Labute approximate surface area is 536 Å². The SMILES string of the molecule is CC1CC(Oc2cc(O)c3cc2C(c2ccc(O)c(O)c2)c2cc(c(O)cc2OC(C)C)C(c2ccc(O)c(O)c2)c2cc(c(OC(C)C)cc2O)C(c2ccc(O)c(O)c2)c2cc(c(O)cc2OC2CC(C)CC(C)(C)C2)C3c2ccc(O)c(O)c2)CC(C)(C)C1. The Bertz CT molecular complexity index is 3900. The maximum absolute atomic E-state index is 13.2. The zero-order valence-corrected chi connectivity index (χ0v) is 53.6. The highest BCUT2D eigenvalue weighted by atomic mass is 16.5. The van der Waals surface area contributed by atoms with Gasteiger partial charge in [-0.25, -0.2) is 0 Å². The number of hydrogen-bond donors (Lipinski definition) is 12. The molecule has 8 aromatic rings. The fourth-order valence-electron chi connectivity index (χ4n) is 15.2. The second-order valence-electron chi connectivity index (χ2n) is 28.2. The monoisotopic (exact) mass is 1250 g/mol. The van der Waals surface area contributed by atoms with Crippen LogP contribution in [0.25, 0.3) is 0 Å². The Balaban J connectivity index is 1.37. The zero-order valence-electron chi connectivity index (χ0n) is 53.6. The molecule has 0 spiro atoms. The maximum Gasteiger partial charge on any atom is 0.157 e. The lowest BCUT2D eigenvalue weighted by atomic mass is 9.71. The minimum Gasteiger partial charge on any atom is -0.507 e. The summed E-state index contributed by atoms with van der Waals surface area (Å²) in [4.78, 5) is 0. The Morgan fingerprint density at radius 2 is 0.554 bits per heavy atom. The van der Waals surface area contributed by atoms with E-state index in [-0.39, 0.29) is 102 Å². The summed E-state index contributed by atoms with van der Waals surface area (Å²) >= 11 is 0. The van der Waals surface area contributed by atoms with Gasteiger partial charge in [-0.15, -0.1) is 0 Å². The number of aromatic hydroxyl groups is 12. The normalized spacial score (nSPS) is 21.8. The van der Waals surface area contributed by atoms with E-state index >= 15 is 0 Å². The van der Waals surface area contributed by atoms with E-state index in [4.69, 9.17) is 18.9 Å². The lowest BCUT2D eigenvalue weighted by molar-refractivity contribution is 0.0550. The summed E-state index contributed by atoms with van der Waals surface area (Å²) < 4.78 is 28.0. The summed E-state index contributed by atoms with van der Waals surface area (Å²) in [6, 6.07) is 29.9. The predicted octanol–water partition coefficient (Wildman–Crippen LogP) is 15.9. The molecule has 0 heterocycles. The van der Waals surface area contributed by atoms with Crippen molar-refractivity contribution < 1.29 is 80.2 Å². The van der Waals surface area contributed by atoms with Crippen LogP contribution in [-0.4, -0.2) is 85.7 Å². The standard InChI is InChI=1S/C76H84O16/c1-37(2)89-67-29-59(81)47-25-51(67)73(43-13-17-57(79)65(87)23-43)53-27-49(61(83)31-69(53)91-45-19-39(5)33-75(7,8)35-45)72(42-12-16-56(78)64(86)22-42)50-28-54(70(32-62(50)84)92-46-20-40(6)34-76(9,10)36-46)74(44-14-18-58(80)66(88)24-44)52-26-48(60(82)30-68(52)90-38(3)4)71(47)41-11-15-55(77)63(85)21-41/h11-18,21-32,37-40,45-46,71-74,77-88H,19-20,33-36H2,1-10H3. The second kappa shape index (κ2) is 24.6. The molecular formula is C76H84O16. The van der Waals surface area contributed by atoms with Gasteiger partial charge in [0.15, 0.2) is 46.0 Å². The number of phenolic OH excluding ortho intramolecular Hbond substituents is 12. The Morgan fingerprint density at radius 1 is 0.304 bits per heavy atom. The van der Waals surface area contributed by atoms with Gasteiger partial charge in [0.1, 0.15) is 46.0 Å². The van der Waals surface area contributed by atoms with Gasteiger partial charge >= 0.3 is 0 Å². The maximum atomic E-state index is 13.2. The van der Waals surface area contributed by atoms with Gasteiger partial charge in [0.2, 0.25) is 0 Å². The highest BCUT2D eigenvalue weighted by molar-refractivity contribution is 5.69. The third-order valence-electron chi connectivity index (χ3n) is 18.5. The first-order chi connectivity index (χ1) is 43.4. The van der Waals surface area contributed by atoms with Crippen molar-refractivity contribution in [2.24, 2.45) is 22.7 Å². The first kappa shape index (κ1) is 64.1. The van der Waals surface area contributed by atoms with Crippen LogP contribution in [0.5, 0.6) is 92.0 Å². The minimum absolute atomic E-state index is 0.130. The Morgan fingerprint density at radius 3 is 0.804 bits per heavy atom. The summed E-state index contributed by atoms with van der Waals surface area (Å²) in [5.41, 5.74) is 2.86. The quantitative estimate of drug-likeness (QED) is 0.0507. The molecule has 92 heavy (non-hydrogen) atoms. The van der Waals surface area contributed by atoms with Crippen molar-refractivity contribution in [3.63, 3.8) is 0 Å². The molecule has 16 nitrogen and oxygen atoms in total. The van der Waals surface area contributed by atoms with Crippen LogP contribution in [0.2, 0.25) is 0 Å². The van der Waals surface area contributed by atoms with Gasteiger partial charge in [-0.05, 0) is 184 Å². The van der Waals surface area contributed by atoms with Crippen molar-refractivity contribution >= 4 is 0 Å². The third kappa shape index (κ3) is 12.9. The van der Waals surface area contributed by atoms with Crippen molar-refractivity contribution in [3.05, 3.63) is 188 Å². The summed E-state index contributed by atoms with van der Waals surface area (Å²) in [6.07, 6.45) is 2.52. The fourth-order valence-corrected chi connectivity index (χ4v) is 15.2. The van der Waals surface area contributed by atoms with Crippen LogP contribution >= 0.6 is 0 Å². The number of rotatable bonds is 12. The first-order valence-corrected chi connectivity index (χ1v) is 31.6. The van der Waals surface area contributed by atoms with Crippen molar-refractivity contribution in [1.29, 1.82) is 0 Å². The molecule has 2 saturated carbocycles. The number of fused-ring (bicyclic) bond motifs is 8. The van der Waals surface area contributed by atoms with Gasteiger partial charge in [0, 0.05) is 92.4 Å². The number of benzene rings is 8. The van der Waals surface area contributed by atoms with E-state index in [0.29, 0.717) is 59.1 Å². The molecule has 3 aliphatic rings. The van der Waals surface area contributed by atoms with Crippen LogP contribution in [0.15, 0.2) is 121 Å². The molecule has 16 heteroatoms. The fraction of sp³-hybridized carbons (Fsp3) is 0.368. The molecule has 0 saturated heterocycles. The number of hydrogen-bond acceptors (Lipinski definition) is 16. The molecule has 8 bridgehead atoms.